The molecule has 0 saturated carbocycles. The van der Waals surface area contributed by atoms with Gasteiger partial charge in [0.25, 0.3) is 5.91 Å². The van der Waals surface area contributed by atoms with E-state index >= 15 is 4.39 Å². The first kappa shape index (κ1) is 30.4. The first-order valence-electron chi connectivity index (χ1n) is 13.4. The van der Waals surface area contributed by atoms with Crippen LogP contribution in [0.2, 0.25) is 0 Å². The largest absolute Gasteiger partial charge is 0.416 e. The number of pyridine rings is 1. The van der Waals surface area contributed by atoms with Crippen molar-refractivity contribution in [2.75, 3.05) is 55.6 Å². The van der Waals surface area contributed by atoms with E-state index < -0.39 is 41.2 Å². The Bertz CT molecular complexity index is 1360. The molecule has 2 fully saturated rings. The van der Waals surface area contributed by atoms with E-state index in [1.807, 2.05) is 0 Å². The second-order valence-corrected chi connectivity index (χ2v) is 10.2. The van der Waals surface area contributed by atoms with Crippen LogP contribution in [-0.2, 0) is 15.8 Å². The molecule has 41 heavy (non-hydrogen) atoms. The number of aryl methyl sites for hydroxylation is 1. The Balaban J connectivity index is 1.63. The van der Waals surface area contributed by atoms with Crippen molar-refractivity contribution >= 4 is 23.3 Å². The van der Waals surface area contributed by atoms with Crippen LogP contribution in [0.4, 0.5) is 33.5 Å². The minimum Gasteiger partial charge on any atom is -0.301 e. The minimum absolute atomic E-state index is 0.0118. The number of hydrogen-bond donors (Lipinski definition) is 0. The molecule has 1 aromatic carbocycles. The maximum absolute atomic E-state index is 15.3. The van der Waals surface area contributed by atoms with E-state index in [9.17, 15) is 27.2 Å². The molecule has 12 heteroatoms. The highest BCUT2D eigenvalue weighted by atomic mass is 19.4. The molecular weight excluding hydrogens is 545 g/mol. The zero-order valence-electron chi connectivity index (χ0n) is 23.2. The average Bonchev–Trinajstić information content (AvgIpc) is 3.33. The third-order valence-electron chi connectivity index (χ3n) is 7.44. The Hall–Kier alpha value is -3.56. The molecule has 1 atom stereocenters. The van der Waals surface area contributed by atoms with E-state index in [0.717, 1.165) is 66.8 Å². The van der Waals surface area contributed by atoms with Gasteiger partial charge in [-0.15, -0.1) is 0 Å². The normalized spacial score (nSPS) is 18.4. The molecule has 2 aliphatic heterocycles. The summed E-state index contributed by atoms with van der Waals surface area (Å²) in [5.74, 6) is 2.51. The van der Waals surface area contributed by atoms with Gasteiger partial charge < -0.3 is 4.90 Å². The van der Waals surface area contributed by atoms with E-state index in [-0.39, 0.29) is 42.1 Å². The first-order chi connectivity index (χ1) is 19.4. The Morgan fingerprint density at radius 3 is 2.41 bits per heavy atom. The summed E-state index contributed by atoms with van der Waals surface area (Å²) in [6.45, 7) is 9.33. The number of carbonyl (C=O) groups is 2. The Kier molecular flexibility index (Phi) is 9.29. The van der Waals surface area contributed by atoms with E-state index in [0.29, 0.717) is 6.54 Å². The van der Waals surface area contributed by atoms with Gasteiger partial charge >= 0.3 is 6.18 Å². The van der Waals surface area contributed by atoms with Gasteiger partial charge in [-0.1, -0.05) is 18.8 Å². The molecule has 2 aromatic rings. The summed E-state index contributed by atoms with van der Waals surface area (Å²) in [7, 11) is 0. The maximum atomic E-state index is 15.3. The van der Waals surface area contributed by atoms with Crippen molar-refractivity contribution in [1.82, 2.24) is 14.8 Å². The molecule has 0 aliphatic carbocycles. The fourth-order valence-corrected chi connectivity index (χ4v) is 5.03. The number of likely N-dealkylation sites (N-methyl/N-ethyl adjacent to an activating group) is 1. The molecule has 2 saturated heterocycles. The lowest BCUT2D eigenvalue weighted by Crippen LogP contribution is -2.48. The second kappa shape index (κ2) is 12.5. The van der Waals surface area contributed by atoms with Gasteiger partial charge in [0.2, 0.25) is 5.91 Å². The van der Waals surface area contributed by atoms with Gasteiger partial charge in [0.05, 0.1) is 24.3 Å². The summed E-state index contributed by atoms with van der Waals surface area (Å²) in [4.78, 5) is 37.3. The van der Waals surface area contributed by atoms with Crippen LogP contribution in [0.5, 0.6) is 0 Å². The molecule has 0 radical (unpaired) electrons. The monoisotopic (exact) mass is 577 g/mol. The van der Waals surface area contributed by atoms with Crippen molar-refractivity contribution in [3.8, 4) is 11.8 Å². The summed E-state index contributed by atoms with van der Waals surface area (Å²) < 4.78 is 69.8. The first-order valence-corrected chi connectivity index (χ1v) is 13.4. The molecule has 220 valence electrons. The summed E-state index contributed by atoms with van der Waals surface area (Å²) in [5.41, 5.74) is -1.51. The quantitative estimate of drug-likeness (QED) is 0.381. The molecule has 7 nitrogen and oxygen atoms in total. The number of amides is 2. The molecule has 3 heterocycles. The van der Waals surface area contributed by atoms with Crippen LogP contribution < -0.4 is 9.80 Å². The number of carbonyl (C=O) groups excluding carboxylic acids is 2. The molecule has 0 spiro atoms. The summed E-state index contributed by atoms with van der Waals surface area (Å²) in [6, 6.07) is 2.48. The minimum atomic E-state index is -4.69. The predicted molar refractivity (Wildman–Crippen MR) is 144 cm³/mol. The maximum Gasteiger partial charge on any atom is 0.416 e. The Morgan fingerprint density at radius 1 is 1.07 bits per heavy atom. The second-order valence-electron chi connectivity index (χ2n) is 10.2. The molecule has 0 bridgehead atoms. The Morgan fingerprint density at radius 2 is 1.76 bits per heavy atom. The third-order valence-corrected chi connectivity index (χ3v) is 7.44. The van der Waals surface area contributed by atoms with Crippen LogP contribution in [0.15, 0.2) is 24.3 Å². The van der Waals surface area contributed by atoms with Crippen molar-refractivity contribution in [1.29, 1.82) is 0 Å². The lowest BCUT2D eigenvalue weighted by Gasteiger charge is -2.32. The number of benzene rings is 1. The molecule has 0 unspecified atom stereocenters. The smallest absolute Gasteiger partial charge is 0.301 e. The van der Waals surface area contributed by atoms with Gasteiger partial charge in [0.15, 0.2) is 5.82 Å². The lowest BCUT2D eigenvalue weighted by atomic mass is 10.1. The molecular formula is C29H32F5N5O2. The van der Waals surface area contributed by atoms with E-state index in [2.05, 4.69) is 33.5 Å². The zero-order valence-corrected chi connectivity index (χ0v) is 23.2. The molecule has 2 aliphatic rings. The third kappa shape index (κ3) is 6.85. The fraction of sp³-hybridized carbons (Fsp3) is 0.483. The number of alkyl halides is 3. The number of nitrogens with zero attached hydrogens (tertiary/aromatic N) is 5. The van der Waals surface area contributed by atoms with Gasteiger partial charge in [0.1, 0.15) is 17.7 Å². The summed E-state index contributed by atoms with van der Waals surface area (Å²) in [5, 5.41) is 0. The standard InChI is InChI=1S/C29H32F5N5O2/c1-4-36-13-15-37(16-14-36)11-5-6-12-38(23-8-7-22(30)20(3)27(23)31)28(41)24-9-10-26(40)39(24)25-18-21(29(32,33)34)17-19(2)35-25/h7-8,17-18,24H,4,9-16H2,1-3H3/t24-/m0/s1. The van der Waals surface area contributed by atoms with Gasteiger partial charge in [-0.25, -0.2) is 13.8 Å². The average molecular weight is 578 g/mol. The Labute approximate surface area is 235 Å². The summed E-state index contributed by atoms with van der Waals surface area (Å²) in [6.07, 6.45) is -4.81. The van der Waals surface area contributed by atoms with Crippen molar-refractivity contribution in [3.63, 3.8) is 0 Å². The van der Waals surface area contributed by atoms with Crippen molar-refractivity contribution in [2.24, 2.45) is 0 Å². The number of halogens is 5. The fourth-order valence-electron chi connectivity index (χ4n) is 5.03. The van der Waals surface area contributed by atoms with E-state index in [4.69, 9.17) is 0 Å². The number of anilines is 2. The highest BCUT2D eigenvalue weighted by Crippen LogP contribution is 2.35. The number of rotatable bonds is 6. The van der Waals surface area contributed by atoms with Crippen LogP contribution >= 0.6 is 0 Å². The van der Waals surface area contributed by atoms with Crippen LogP contribution in [0, 0.1) is 37.3 Å². The van der Waals surface area contributed by atoms with Crippen LogP contribution in [0.3, 0.4) is 0 Å². The lowest BCUT2D eigenvalue weighted by molar-refractivity contribution is -0.137. The highest BCUT2D eigenvalue weighted by Gasteiger charge is 2.42. The molecule has 2 amide bonds. The zero-order chi connectivity index (χ0) is 29.9. The SMILES string of the molecule is CCN1CCN(CC#CCN(C(=O)[C@@H]2CCC(=O)N2c2cc(C(F)(F)F)cc(C)n2)c2ccc(F)c(C)c2F)CC1. The predicted octanol–water partition coefficient (Wildman–Crippen LogP) is 4.16. The number of aromatic nitrogens is 1. The van der Waals surface area contributed by atoms with Crippen LogP contribution in [0.1, 0.15) is 36.6 Å². The van der Waals surface area contributed by atoms with Crippen molar-refractivity contribution < 1.29 is 31.5 Å². The van der Waals surface area contributed by atoms with Gasteiger partial charge in [0, 0.05) is 43.9 Å². The van der Waals surface area contributed by atoms with Gasteiger partial charge in [-0.05, 0) is 51.1 Å². The van der Waals surface area contributed by atoms with Crippen LogP contribution in [0.25, 0.3) is 0 Å². The highest BCUT2D eigenvalue weighted by molar-refractivity contribution is 6.08. The molecule has 0 N–H and O–H groups in total. The van der Waals surface area contributed by atoms with Crippen molar-refractivity contribution in [2.45, 2.75) is 45.8 Å². The topological polar surface area (TPSA) is 60.0 Å². The summed E-state index contributed by atoms with van der Waals surface area (Å²) >= 11 is 0. The molecule has 4 rings (SSSR count). The van der Waals surface area contributed by atoms with Gasteiger partial charge in [-0.3, -0.25) is 24.3 Å². The van der Waals surface area contributed by atoms with Crippen LogP contribution in [-0.4, -0.2) is 78.5 Å². The number of hydrogen-bond acceptors (Lipinski definition) is 5. The van der Waals surface area contributed by atoms with Crippen molar-refractivity contribution in [3.05, 3.63) is 52.7 Å². The van der Waals surface area contributed by atoms with E-state index in [1.54, 1.807) is 0 Å². The van der Waals surface area contributed by atoms with Gasteiger partial charge in [-0.2, -0.15) is 13.2 Å². The number of piperazine rings is 1. The van der Waals surface area contributed by atoms with E-state index in [1.165, 1.54) is 13.8 Å². The molecule has 1 aromatic heterocycles.